The highest BCUT2D eigenvalue weighted by Crippen LogP contribution is 2.10. The average molecular weight is 225 g/mol. The second-order valence-corrected chi connectivity index (χ2v) is 3.67. The van der Waals surface area contributed by atoms with Crippen LogP contribution in [0.3, 0.4) is 0 Å². The van der Waals surface area contributed by atoms with Gasteiger partial charge in [-0.1, -0.05) is 0 Å². The molecule has 5 nitrogen and oxygen atoms in total. The van der Waals surface area contributed by atoms with Crippen LogP contribution >= 0.6 is 0 Å². The first-order valence-electron chi connectivity index (χ1n) is 5.47. The third-order valence-electron chi connectivity index (χ3n) is 2.61. The van der Waals surface area contributed by atoms with Crippen molar-refractivity contribution in [1.29, 1.82) is 0 Å². The van der Waals surface area contributed by atoms with Gasteiger partial charge in [-0.05, 0) is 33.3 Å². The lowest BCUT2D eigenvalue weighted by atomic mass is 10.2. The number of ether oxygens (including phenoxy) is 1. The molecule has 1 heterocycles. The van der Waals surface area contributed by atoms with Crippen LogP contribution in [0.4, 0.5) is 4.79 Å². The molecule has 1 N–H and O–H groups in total. The summed E-state index contributed by atoms with van der Waals surface area (Å²) < 4.78 is 6.66. The molecule has 0 radical (unpaired) electrons. The molecule has 0 spiro atoms. The lowest BCUT2D eigenvalue weighted by Gasteiger charge is -2.06. The van der Waals surface area contributed by atoms with E-state index < -0.39 is 0 Å². The van der Waals surface area contributed by atoms with Crippen molar-refractivity contribution in [2.75, 3.05) is 13.2 Å². The smallest absolute Gasteiger partial charge is 0.407 e. The van der Waals surface area contributed by atoms with E-state index in [0.717, 1.165) is 11.4 Å². The van der Waals surface area contributed by atoms with Gasteiger partial charge in [0.05, 0.1) is 18.8 Å². The van der Waals surface area contributed by atoms with E-state index in [9.17, 15) is 4.79 Å². The van der Waals surface area contributed by atoms with E-state index in [1.165, 1.54) is 5.56 Å². The van der Waals surface area contributed by atoms with E-state index in [-0.39, 0.29) is 6.09 Å². The molecule has 0 aliphatic rings. The van der Waals surface area contributed by atoms with Gasteiger partial charge < -0.3 is 10.1 Å². The quantitative estimate of drug-likeness (QED) is 0.846. The zero-order valence-corrected chi connectivity index (χ0v) is 10.3. The minimum atomic E-state index is -0.374. The summed E-state index contributed by atoms with van der Waals surface area (Å²) in [5.74, 6) is 0. The normalized spacial score (nSPS) is 10.2. The Morgan fingerprint density at radius 3 is 2.62 bits per heavy atom. The van der Waals surface area contributed by atoms with E-state index >= 15 is 0 Å². The van der Waals surface area contributed by atoms with Crippen molar-refractivity contribution >= 4 is 6.09 Å². The van der Waals surface area contributed by atoms with Crippen LogP contribution < -0.4 is 5.32 Å². The fraction of sp³-hybridized carbons (Fsp3) is 0.636. The molecule has 1 amide bonds. The summed E-state index contributed by atoms with van der Waals surface area (Å²) in [7, 11) is 0. The predicted molar refractivity (Wildman–Crippen MR) is 61.5 cm³/mol. The van der Waals surface area contributed by atoms with Gasteiger partial charge in [0, 0.05) is 12.2 Å². The van der Waals surface area contributed by atoms with Gasteiger partial charge in [0.1, 0.15) is 0 Å². The van der Waals surface area contributed by atoms with E-state index in [4.69, 9.17) is 4.74 Å². The number of carbonyl (C=O) groups excluding carboxylic acids is 1. The highest BCUT2D eigenvalue weighted by atomic mass is 16.5. The Labute approximate surface area is 95.8 Å². The second-order valence-electron chi connectivity index (χ2n) is 3.67. The van der Waals surface area contributed by atoms with E-state index in [0.29, 0.717) is 19.7 Å². The molecule has 16 heavy (non-hydrogen) atoms. The third-order valence-corrected chi connectivity index (χ3v) is 2.61. The molecule has 0 unspecified atom stereocenters. The first-order valence-corrected chi connectivity index (χ1v) is 5.47. The number of nitrogens with zero attached hydrogens (tertiary/aromatic N) is 2. The molecule has 0 aliphatic heterocycles. The highest BCUT2D eigenvalue weighted by molar-refractivity contribution is 5.66. The maximum absolute atomic E-state index is 11.0. The summed E-state index contributed by atoms with van der Waals surface area (Å²) in [6.45, 7) is 9.43. The van der Waals surface area contributed by atoms with Crippen LogP contribution in [-0.4, -0.2) is 29.0 Å². The van der Waals surface area contributed by atoms with Crippen LogP contribution in [0.25, 0.3) is 0 Å². The summed E-state index contributed by atoms with van der Waals surface area (Å²) in [4.78, 5) is 11.0. The highest BCUT2D eigenvalue weighted by Gasteiger charge is 2.07. The molecular weight excluding hydrogens is 206 g/mol. The summed E-state index contributed by atoms with van der Waals surface area (Å²) in [5, 5.41) is 7.04. The topological polar surface area (TPSA) is 56.1 Å². The van der Waals surface area contributed by atoms with Gasteiger partial charge in [-0.25, -0.2) is 4.79 Å². The van der Waals surface area contributed by atoms with Gasteiger partial charge in [0.25, 0.3) is 0 Å². The molecule has 5 heteroatoms. The average Bonchev–Trinajstić information content (AvgIpc) is 2.47. The van der Waals surface area contributed by atoms with Crippen LogP contribution in [0, 0.1) is 20.8 Å². The molecular formula is C11H19N3O2. The number of amides is 1. The molecule has 0 aliphatic carbocycles. The van der Waals surface area contributed by atoms with Crippen molar-refractivity contribution in [3.8, 4) is 0 Å². The molecule has 0 saturated carbocycles. The van der Waals surface area contributed by atoms with Crippen LogP contribution in [0.5, 0.6) is 0 Å². The number of rotatable bonds is 4. The first-order chi connectivity index (χ1) is 7.56. The van der Waals surface area contributed by atoms with Crippen molar-refractivity contribution < 1.29 is 9.53 Å². The monoisotopic (exact) mass is 225 g/mol. The van der Waals surface area contributed by atoms with Crippen molar-refractivity contribution in [3.05, 3.63) is 17.0 Å². The molecule has 1 aromatic heterocycles. The van der Waals surface area contributed by atoms with Crippen LogP contribution in [-0.2, 0) is 11.3 Å². The van der Waals surface area contributed by atoms with E-state index in [1.807, 2.05) is 25.5 Å². The van der Waals surface area contributed by atoms with Gasteiger partial charge >= 0.3 is 6.09 Å². The number of alkyl carbamates (subject to hydrolysis) is 1. The lowest BCUT2D eigenvalue weighted by Crippen LogP contribution is -2.28. The van der Waals surface area contributed by atoms with Crippen LogP contribution in [0.2, 0.25) is 0 Å². The van der Waals surface area contributed by atoms with E-state index in [1.54, 1.807) is 6.92 Å². The molecule has 0 fully saturated rings. The van der Waals surface area contributed by atoms with Crippen molar-refractivity contribution in [2.24, 2.45) is 0 Å². The summed E-state index contributed by atoms with van der Waals surface area (Å²) >= 11 is 0. The van der Waals surface area contributed by atoms with Crippen LogP contribution in [0.15, 0.2) is 0 Å². The summed E-state index contributed by atoms with van der Waals surface area (Å²) in [5.41, 5.74) is 3.38. The molecule has 1 rings (SSSR count). The van der Waals surface area contributed by atoms with Gasteiger partial charge in [-0.15, -0.1) is 0 Å². The standard InChI is InChI=1S/C11H19N3O2/c1-5-16-11(15)12-6-7-14-10(4)8(2)9(3)13-14/h5-7H2,1-4H3,(H,12,15). The fourth-order valence-electron chi connectivity index (χ4n) is 1.45. The van der Waals surface area contributed by atoms with Gasteiger partial charge in [-0.2, -0.15) is 5.10 Å². The molecule has 0 saturated heterocycles. The Bertz CT molecular complexity index is 372. The third kappa shape index (κ3) is 2.98. The number of carbonyl (C=O) groups is 1. The Balaban J connectivity index is 2.43. The van der Waals surface area contributed by atoms with Crippen LogP contribution in [0.1, 0.15) is 23.9 Å². The van der Waals surface area contributed by atoms with E-state index in [2.05, 4.69) is 10.4 Å². The Kier molecular flexibility index (Phi) is 4.34. The Morgan fingerprint density at radius 1 is 1.44 bits per heavy atom. The van der Waals surface area contributed by atoms with Gasteiger partial charge in [0.2, 0.25) is 0 Å². The molecule has 0 bridgehead atoms. The Hall–Kier alpha value is -1.52. The predicted octanol–water partition coefficient (Wildman–Crippen LogP) is 1.55. The largest absolute Gasteiger partial charge is 0.450 e. The van der Waals surface area contributed by atoms with Gasteiger partial charge in [-0.3, -0.25) is 4.68 Å². The maximum atomic E-state index is 11.0. The minimum absolute atomic E-state index is 0.374. The summed E-state index contributed by atoms with van der Waals surface area (Å²) in [6, 6.07) is 0. The summed E-state index contributed by atoms with van der Waals surface area (Å²) in [6.07, 6.45) is -0.374. The lowest BCUT2D eigenvalue weighted by molar-refractivity contribution is 0.151. The van der Waals surface area contributed by atoms with Crippen molar-refractivity contribution in [2.45, 2.75) is 34.2 Å². The zero-order chi connectivity index (χ0) is 12.1. The zero-order valence-electron chi connectivity index (χ0n) is 10.3. The molecule has 90 valence electrons. The Morgan fingerprint density at radius 2 is 2.12 bits per heavy atom. The number of hydrogen-bond donors (Lipinski definition) is 1. The number of hydrogen-bond acceptors (Lipinski definition) is 3. The maximum Gasteiger partial charge on any atom is 0.407 e. The second kappa shape index (κ2) is 5.53. The number of aryl methyl sites for hydroxylation is 1. The van der Waals surface area contributed by atoms with Crippen molar-refractivity contribution in [3.63, 3.8) is 0 Å². The minimum Gasteiger partial charge on any atom is -0.450 e. The number of nitrogens with one attached hydrogen (secondary N) is 1. The number of aromatic nitrogens is 2. The SMILES string of the molecule is CCOC(=O)NCCn1nc(C)c(C)c1C. The first kappa shape index (κ1) is 12.5. The molecule has 1 aromatic rings. The molecule has 0 atom stereocenters. The molecule has 0 aromatic carbocycles. The van der Waals surface area contributed by atoms with Crippen molar-refractivity contribution in [1.82, 2.24) is 15.1 Å². The van der Waals surface area contributed by atoms with Gasteiger partial charge in [0.15, 0.2) is 0 Å². The fourth-order valence-corrected chi connectivity index (χ4v) is 1.45.